The monoisotopic (exact) mass is 326 g/mol. The number of hydrogen-bond acceptors (Lipinski definition) is 7. The Kier molecular flexibility index (Phi) is 3.72. The van der Waals surface area contributed by atoms with Crippen molar-refractivity contribution < 1.29 is 13.5 Å². The number of sulfone groups is 1. The zero-order valence-corrected chi connectivity index (χ0v) is 12.9. The molecule has 0 spiro atoms. The second-order valence-electron chi connectivity index (χ2n) is 4.96. The molecule has 2 heterocycles. The van der Waals surface area contributed by atoms with E-state index in [0.717, 1.165) is 11.3 Å². The van der Waals surface area contributed by atoms with Gasteiger partial charge in [-0.3, -0.25) is 0 Å². The lowest BCUT2D eigenvalue weighted by Gasteiger charge is -2.12. The summed E-state index contributed by atoms with van der Waals surface area (Å²) in [6.45, 7) is 1.94. The fraction of sp³-hybridized carbons (Fsp3) is 0.417. The zero-order valence-electron chi connectivity index (χ0n) is 11.2. The van der Waals surface area contributed by atoms with E-state index in [0.29, 0.717) is 5.16 Å². The van der Waals surface area contributed by atoms with Crippen LogP contribution in [0.5, 0.6) is 0 Å². The minimum atomic E-state index is -3.18. The van der Waals surface area contributed by atoms with Crippen molar-refractivity contribution in [3.8, 4) is 5.69 Å². The molecule has 112 valence electrons. The fourth-order valence-corrected chi connectivity index (χ4v) is 5.72. The van der Waals surface area contributed by atoms with Crippen molar-refractivity contribution in [1.82, 2.24) is 20.2 Å². The first kappa shape index (κ1) is 14.5. The molecule has 1 saturated heterocycles. The molecule has 2 atom stereocenters. The summed E-state index contributed by atoms with van der Waals surface area (Å²) in [6, 6.07) is 7.63. The average Bonchev–Trinajstić information content (AvgIpc) is 2.95. The lowest BCUT2D eigenvalue weighted by molar-refractivity contribution is 0.207. The molecule has 1 N–H and O–H groups in total. The average molecular weight is 326 g/mol. The number of benzene rings is 1. The molecule has 0 aliphatic carbocycles. The van der Waals surface area contributed by atoms with E-state index in [1.54, 1.807) is 4.68 Å². The molecule has 1 aromatic carbocycles. The van der Waals surface area contributed by atoms with Crippen LogP contribution < -0.4 is 0 Å². The van der Waals surface area contributed by atoms with Crippen LogP contribution in [-0.4, -0.2) is 56.6 Å². The van der Waals surface area contributed by atoms with Crippen LogP contribution in [0.2, 0.25) is 0 Å². The molecule has 1 fully saturated rings. The first-order valence-corrected chi connectivity index (χ1v) is 9.06. The largest absolute Gasteiger partial charge is 0.391 e. The van der Waals surface area contributed by atoms with E-state index < -0.39 is 21.2 Å². The number of nitrogens with zero attached hydrogens (tertiary/aromatic N) is 4. The number of tetrazole rings is 1. The maximum atomic E-state index is 11.6. The van der Waals surface area contributed by atoms with E-state index >= 15 is 0 Å². The van der Waals surface area contributed by atoms with Crippen molar-refractivity contribution in [2.75, 3.05) is 11.5 Å². The maximum absolute atomic E-state index is 11.6. The van der Waals surface area contributed by atoms with Gasteiger partial charge < -0.3 is 5.11 Å². The summed E-state index contributed by atoms with van der Waals surface area (Å²) in [6.07, 6.45) is -0.887. The molecule has 1 aromatic heterocycles. The number of aliphatic hydroxyl groups is 1. The molecular weight excluding hydrogens is 312 g/mol. The van der Waals surface area contributed by atoms with E-state index in [2.05, 4.69) is 15.5 Å². The summed E-state index contributed by atoms with van der Waals surface area (Å²) in [5.74, 6) is -0.254. The molecule has 0 bridgehead atoms. The Morgan fingerprint density at radius 2 is 2.10 bits per heavy atom. The lowest BCUT2D eigenvalue weighted by Crippen LogP contribution is -2.20. The van der Waals surface area contributed by atoms with Gasteiger partial charge in [-0.15, -0.1) is 5.10 Å². The van der Waals surface area contributed by atoms with Crippen LogP contribution in [0.1, 0.15) is 5.56 Å². The van der Waals surface area contributed by atoms with E-state index in [1.165, 1.54) is 11.8 Å². The van der Waals surface area contributed by atoms with Crippen molar-refractivity contribution in [3.63, 3.8) is 0 Å². The highest BCUT2D eigenvalue weighted by molar-refractivity contribution is 8.01. The van der Waals surface area contributed by atoms with Crippen LogP contribution >= 0.6 is 11.8 Å². The van der Waals surface area contributed by atoms with Crippen molar-refractivity contribution in [2.45, 2.75) is 23.4 Å². The summed E-state index contributed by atoms with van der Waals surface area (Å²) in [4.78, 5) is 0. The molecule has 9 heteroatoms. The van der Waals surface area contributed by atoms with Crippen molar-refractivity contribution >= 4 is 21.6 Å². The van der Waals surface area contributed by atoms with Gasteiger partial charge in [-0.05, 0) is 29.0 Å². The highest BCUT2D eigenvalue weighted by atomic mass is 32.2. The summed E-state index contributed by atoms with van der Waals surface area (Å²) < 4.78 is 24.7. The first-order chi connectivity index (χ1) is 9.96. The van der Waals surface area contributed by atoms with Gasteiger partial charge in [0.05, 0.1) is 28.5 Å². The predicted octanol–water partition coefficient (Wildman–Crippen LogP) is 0.221. The van der Waals surface area contributed by atoms with E-state index in [4.69, 9.17) is 0 Å². The molecule has 0 amide bonds. The number of aromatic nitrogens is 4. The third-order valence-corrected chi connectivity index (χ3v) is 6.49. The molecule has 7 nitrogen and oxygen atoms in total. The third-order valence-electron chi connectivity index (χ3n) is 3.31. The van der Waals surface area contributed by atoms with Gasteiger partial charge in [0.25, 0.3) is 0 Å². The van der Waals surface area contributed by atoms with Gasteiger partial charge in [-0.2, -0.15) is 4.68 Å². The number of para-hydroxylation sites is 1. The zero-order chi connectivity index (χ0) is 15.0. The molecule has 21 heavy (non-hydrogen) atoms. The summed E-state index contributed by atoms with van der Waals surface area (Å²) in [5, 5.41) is 21.4. The van der Waals surface area contributed by atoms with Gasteiger partial charge in [-0.25, -0.2) is 8.42 Å². The molecule has 3 rings (SSSR count). The van der Waals surface area contributed by atoms with E-state index in [9.17, 15) is 13.5 Å². The molecule has 0 radical (unpaired) electrons. The molecule has 1 aliphatic heterocycles. The Morgan fingerprint density at radius 1 is 1.33 bits per heavy atom. The maximum Gasteiger partial charge on any atom is 0.214 e. The molecule has 2 aromatic rings. The molecule has 0 saturated carbocycles. The summed E-state index contributed by atoms with van der Waals surface area (Å²) in [5.41, 5.74) is 1.84. The molecular formula is C12H14N4O3S2. The Balaban J connectivity index is 1.89. The summed E-state index contributed by atoms with van der Waals surface area (Å²) in [7, 11) is -3.18. The second kappa shape index (κ2) is 5.39. The van der Waals surface area contributed by atoms with Crippen LogP contribution in [0, 0.1) is 6.92 Å². The topological polar surface area (TPSA) is 98.0 Å². The Hall–Kier alpha value is -1.45. The second-order valence-corrected chi connectivity index (χ2v) is 8.32. The lowest BCUT2D eigenvalue weighted by atomic mass is 10.2. The van der Waals surface area contributed by atoms with Crippen molar-refractivity contribution in [3.05, 3.63) is 29.8 Å². The quantitative estimate of drug-likeness (QED) is 0.861. The molecule has 0 unspecified atom stereocenters. The standard InChI is InChI=1S/C12H14N4O3S2/c1-8-4-2-3-5-9(8)16-12(13-14-15-16)20-11-7-21(18,19)6-10(11)17/h2-5,10-11,17H,6-7H2,1H3/t10-,11-/m0/s1. The Morgan fingerprint density at radius 3 is 2.76 bits per heavy atom. The third kappa shape index (κ3) is 2.94. The minimum absolute atomic E-state index is 0.0561. The van der Waals surface area contributed by atoms with Gasteiger partial charge in [0.2, 0.25) is 5.16 Å². The number of hydrogen-bond donors (Lipinski definition) is 1. The highest BCUT2D eigenvalue weighted by Crippen LogP contribution is 2.31. The Labute approximate surface area is 126 Å². The fourth-order valence-electron chi connectivity index (χ4n) is 2.25. The number of thioether (sulfide) groups is 1. The highest BCUT2D eigenvalue weighted by Gasteiger charge is 2.38. The van der Waals surface area contributed by atoms with Crippen LogP contribution in [-0.2, 0) is 9.84 Å². The van der Waals surface area contributed by atoms with Gasteiger partial charge in [-0.1, -0.05) is 30.0 Å². The first-order valence-electron chi connectivity index (χ1n) is 6.36. The smallest absolute Gasteiger partial charge is 0.214 e. The van der Waals surface area contributed by atoms with E-state index in [-0.39, 0.29) is 11.5 Å². The van der Waals surface area contributed by atoms with Crippen LogP contribution in [0.3, 0.4) is 0 Å². The normalized spacial score (nSPS) is 24.3. The minimum Gasteiger partial charge on any atom is -0.391 e. The SMILES string of the molecule is Cc1ccccc1-n1nnnc1S[C@H]1CS(=O)(=O)C[C@@H]1O. The van der Waals surface area contributed by atoms with Crippen LogP contribution in [0.4, 0.5) is 0 Å². The predicted molar refractivity (Wildman–Crippen MR) is 78.2 cm³/mol. The van der Waals surface area contributed by atoms with Gasteiger partial charge in [0, 0.05) is 0 Å². The number of aliphatic hydroxyl groups excluding tert-OH is 1. The Bertz CT molecular complexity index is 759. The number of rotatable bonds is 3. The van der Waals surface area contributed by atoms with Gasteiger partial charge in [0.1, 0.15) is 0 Å². The molecule has 1 aliphatic rings. The van der Waals surface area contributed by atoms with E-state index in [1.807, 2.05) is 31.2 Å². The van der Waals surface area contributed by atoms with Crippen molar-refractivity contribution in [2.24, 2.45) is 0 Å². The number of aryl methyl sites for hydroxylation is 1. The summed E-state index contributed by atoms with van der Waals surface area (Å²) >= 11 is 1.20. The van der Waals surface area contributed by atoms with Crippen molar-refractivity contribution in [1.29, 1.82) is 0 Å². The van der Waals surface area contributed by atoms with Gasteiger partial charge >= 0.3 is 0 Å². The van der Waals surface area contributed by atoms with Gasteiger partial charge in [0.15, 0.2) is 9.84 Å². The van der Waals surface area contributed by atoms with Crippen LogP contribution in [0.25, 0.3) is 5.69 Å². The van der Waals surface area contributed by atoms with Crippen LogP contribution in [0.15, 0.2) is 29.4 Å².